The minimum Gasteiger partial charge on any atom is -0.339 e. The van der Waals surface area contributed by atoms with Crippen molar-refractivity contribution in [1.29, 1.82) is 0 Å². The summed E-state index contributed by atoms with van der Waals surface area (Å²) in [6, 6.07) is 16.2. The molecular formula is C18H21NO3S. The SMILES string of the molecule is CCN(CCc1ccccc1)C(=O)c1cccc(S(C)(=O)=O)c1. The molecular weight excluding hydrogens is 310 g/mol. The Bertz CT molecular complexity index is 770. The molecule has 0 atom stereocenters. The van der Waals surface area contributed by atoms with Gasteiger partial charge in [0.05, 0.1) is 4.90 Å². The third-order valence-corrected chi connectivity index (χ3v) is 4.80. The van der Waals surface area contributed by atoms with Gasteiger partial charge in [-0.1, -0.05) is 36.4 Å². The highest BCUT2D eigenvalue weighted by molar-refractivity contribution is 7.90. The third-order valence-electron chi connectivity index (χ3n) is 3.69. The topological polar surface area (TPSA) is 54.5 Å². The van der Waals surface area contributed by atoms with Gasteiger partial charge in [-0.15, -0.1) is 0 Å². The van der Waals surface area contributed by atoms with Crippen LogP contribution in [0.25, 0.3) is 0 Å². The van der Waals surface area contributed by atoms with Gasteiger partial charge in [-0.25, -0.2) is 8.42 Å². The van der Waals surface area contributed by atoms with Gasteiger partial charge in [-0.3, -0.25) is 4.79 Å². The number of hydrogen-bond acceptors (Lipinski definition) is 3. The molecule has 0 aromatic heterocycles. The normalized spacial score (nSPS) is 11.2. The van der Waals surface area contributed by atoms with Crippen LogP contribution in [0.2, 0.25) is 0 Å². The molecule has 0 aliphatic rings. The monoisotopic (exact) mass is 331 g/mol. The predicted molar refractivity (Wildman–Crippen MR) is 91.3 cm³/mol. The summed E-state index contributed by atoms with van der Waals surface area (Å²) in [5.74, 6) is -0.145. The summed E-state index contributed by atoms with van der Waals surface area (Å²) in [6.45, 7) is 3.10. The number of benzene rings is 2. The van der Waals surface area contributed by atoms with Gasteiger partial charge in [0.2, 0.25) is 0 Å². The van der Waals surface area contributed by atoms with E-state index in [1.165, 1.54) is 17.7 Å². The van der Waals surface area contributed by atoms with E-state index in [0.717, 1.165) is 12.7 Å². The molecule has 122 valence electrons. The Balaban J connectivity index is 2.13. The molecule has 2 rings (SSSR count). The largest absolute Gasteiger partial charge is 0.339 e. The van der Waals surface area contributed by atoms with Gasteiger partial charge in [0.15, 0.2) is 9.84 Å². The Labute approximate surface area is 137 Å². The first-order valence-electron chi connectivity index (χ1n) is 7.55. The van der Waals surface area contributed by atoms with Crippen molar-refractivity contribution in [2.24, 2.45) is 0 Å². The fourth-order valence-electron chi connectivity index (χ4n) is 2.35. The summed E-state index contributed by atoms with van der Waals surface area (Å²) >= 11 is 0. The second-order valence-corrected chi connectivity index (χ2v) is 7.44. The number of sulfone groups is 1. The summed E-state index contributed by atoms with van der Waals surface area (Å²) in [5, 5.41) is 0. The Hall–Kier alpha value is -2.14. The van der Waals surface area contributed by atoms with E-state index in [1.807, 2.05) is 37.3 Å². The number of carbonyl (C=O) groups is 1. The van der Waals surface area contributed by atoms with Crippen LogP contribution in [0.15, 0.2) is 59.5 Å². The molecule has 0 aliphatic heterocycles. The molecule has 1 amide bonds. The van der Waals surface area contributed by atoms with E-state index in [2.05, 4.69) is 0 Å². The number of likely N-dealkylation sites (N-methyl/N-ethyl adjacent to an activating group) is 1. The molecule has 2 aromatic carbocycles. The highest BCUT2D eigenvalue weighted by Gasteiger charge is 2.16. The smallest absolute Gasteiger partial charge is 0.253 e. The Morgan fingerprint density at radius 2 is 1.74 bits per heavy atom. The molecule has 0 spiro atoms. The number of amides is 1. The minimum atomic E-state index is -3.32. The zero-order valence-electron chi connectivity index (χ0n) is 13.4. The number of nitrogens with zero attached hydrogens (tertiary/aromatic N) is 1. The summed E-state index contributed by atoms with van der Waals surface area (Å²) in [4.78, 5) is 14.5. The summed E-state index contributed by atoms with van der Waals surface area (Å²) < 4.78 is 23.3. The van der Waals surface area contributed by atoms with Crippen molar-refractivity contribution >= 4 is 15.7 Å². The summed E-state index contributed by atoms with van der Waals surface area (Å²) in [6.07, 6.45) is 1.91. The maximum atomic E-state index is 12.6. The molecule has 0 heterocycles. The molecule has 5 heteroatoms. The van der Waals surface area contributed by atoms with Crippen LogP contribution < -0.4 is 0 Å². The molecule has 0 saturated carbocycles. The maximum absolute atomic E-state index is 12.6. The fourth-order valence-corrected chi connectivity index (χ4v) is 3.02. The summed E-state index contributed by atoms with van der Waals surface area (Å²) in [5.41, 5.74) is 1.58. The molecule has 0 bridgehead atoms. The predicted octanol–water partition coefficient (Wildman–Crippen LogP) is 2.79. The molecule has 0 fully saturated rings. The first-order chi connectivity index (χ1) is 10.9. The molecule has 0 radical (unpaired) electrons. The molecule has 0 N–H and O–H groups in total. The van der Waals surface area contributed by atoms with Crippen LogP contribution in [0.1, 0.15) is 22.8 Å². The fraction of sp³-hybridized carbons (Fsp3) is 0.278. The van der Waals surface area contributed by atoms with E-state index in [0.29, 0.717) is 18.7 Å². The lowest BCUT2D eigenvalue weighted by Gasteiger charge is -2.21. The average Bonchev–Trinajstić information content (AvgIpc) is 2.55. The van der Waals surface area contributed by atoms with Gasteiger partial charge < -0.3 is 4.90 Å². The second kappa shape index (κ2) is 7.42. The number of carbonyl (C=O) groups excluding carboxylic acids is 1. The number of rotatable bonds is 6. The molecule has 0 unspecified atom stereocenters. The Kier molecular flexibility index (Phi) is 5.55. The quantitative estimate of drug-likeness (QED) is 0.818. The van der Waals surface area contributed by atoms with Crippen molar-refractivity contribution in [3.63, 3.8) is 0 Å². The molecule has 0 saturated heterocycles. The van der Waals surface area contributed by atoms with Crippen molar-refractivity contribution in [3.05, 3.63) is 65.7 Å². The van der Waals surface area contributed by atoms with Crippen molar-refractivity contribution in [3.8, 4) is 0 Å². The highest BCUT2D eigenvalue weighted by Crippen LogP contribution is 2.14. The van der Waals surface area contributed by atoms with E-state index in [9.17, 15) is 13.2 Å². The first kappa shape index (κ1) is 17.2. The van der Waals surface area contributed by atoms with E-state index >= 15 is 0 Å². The average molecular weight is 331 g/mol. The maximum Gasteiger partial charge on any atom is 0.253 e. The van der Waals surface area contributed by atoms with Crippen molar-refractivity contribution < 1.29 is 13.2 Å². The van der Waals surface area contributed by atoms with Crippen molar-refractivity contribution in [2.75, 3.05) is 19.3 Å². The zero-order chi connectivity index (χ0) is 16.9. The Morgan fingerprint density at radius 1 is 1.04 bits per heavy atom. The van der Waals surface area contributed by atoms with Crippen LogP contribution in [0.3, 0.4) is 0 Å². The number of hydrogen-bond donors (Lipinski definition) is 0. The van der Waals surface area contributed by atoms with Gasteiger partial charge in [-0.2, -0.15) is 0 Å². The van der Waals surface area contributed by atoms with Crippen LogP contribution in [0.5, 0.6) is 0 Å². The lowest BCUT2D eigenvalue weighted by atomic mass is 10.1. The van der Waals surface area contributed by atoms with Gasteiger partial charge >= 0.3 is 0 Å². The first-order valence-corrected chi connectivity index (χ1v) is 9.44. The summed E-state index contributed by atoms with van der Waals surface area (Å²) in [7, 11) is -3.32. The minimum absolute atomic E-state index is 0.145. The van der Waals surface area contributed by atoms with Gasteiger partial charge in [0, 0.05) is 24.9 Å². The molecule has 0 aliphatic carbocycles. The third kappa shape index (κ3) is 4.66. The van der Waals surface area contributed by atoms with E-state index in [-0.39, 0.29) is 10.8 Å². The van der Waals surface area contributed by atoms with Crippen LogP contribution in [0.4, 0.5) is 0 Å². The second-order valence-electron chi connectivity index (χ2n) is 5.42. The van der Waals surface area contributed by atoms with Gasteiger partial charge in [0.25, 0.3) is 5.91 Å². The van der Waals surface area contributed by atoms with Gasteiger partial charge in [0.1, 0.15) is 0 Å². The van der Waals surface area contributed by atoms with Crippen molar-refractivity contribution in [2.45, 2.75) is 18.2 Å². The van der Waals surface area contributed by atoms with Crippen LogP contribution in [0, 0.1) is 0 Å². The van der Waals surface area contributed by atoms with E-state index in [1.54, 1.807) is 17.0 Å². The van der Waals surface area contributed by atoms with Crippen LogP contribution in [-0.4, -0.2) is 38.6 Å². The van der Waals surface area contributed by atoms with E-state index < -0.39 is 9.84 Å². The molecule has 23 heavy (non-hydrogen) atoms. The van der Waals surface area contributed by atoms with Gasteiger partial charge in [-0.05, 0) is 37.1 Å². The van der Waals surface area contributed by atoms with E-state index in [4.69, 9.17) is 0 Å². The molecule has 2 aromatic rings. The lowest BCUT2D eigenvalue weighted by molar-refractivity contribution is 0.0766. The Morgan fingerprint density at radius 3 is 2.35 bits per heavy atom. The van der Waals surface area contributed by atoms with Crippen LogP contribution in [-0.2, 0) is 16.3 Å². The highest BCUT2D eigenvalue weighted by atomic mass is 32.2. The molecule has 4 nitrogen and oxygen atoms in total. The zero-order valence-corrected chi connectivity index (χ0v) is 14.2. The van der Waals surface area contributed by atoms with Crippen LogP contribution >= 0.6 is 0 Å². The standard InChI is InChI=1S/C18H21NO3S/c1-3-19(13-12-15-8-5-4-6-9-15)18(20)16-10-7-11-17(14-16)23(2,21)22/h4-11,14H,3,12-13H2,1-2H3. The van der Waals surface area contributed by atoms with Crippen molar-refractivity contribution in [1.82, 2.24) is 4.90 Å². The lowest BCUT2D eigenvalue weighted by Crippen LogP contribution is -2.32.